The van der Waals surface area contributed by atoms with E-state index >= 15 is 0 Å². The van der Waals surface area contributed by atoms with Crippen LogP contribution in [-0.4, -0.2) is 28.1 Å². The van der Waals surface area contributed by atoms with E-state index in [2.05, 4.69) is 0 Å². The number of phenols is 2. The maximum atomic E-state index is 12.0. The molecule has 2 rings (SSSR count). The van der Waals surface area contributed by atoms with Gasteiger partial charge >= 0.3 is 5.97 Å². The van der Waals surface area contributed by atoms with Gasteiger partial charge in [0.2, 0.25) is 0 Å². The molecule has 1 atom stereocenters. The second-order valence-electron chi connectivity index (χ2n) is 5.93. The van der Waals surface area contributed by atoms with Crippen LogP contribution < -0.4 is 0 Å². The maximum Gasteiger partial charge on any atom is 0.342 e. The van der Waals surface area contributed by atoms with E-state index in [-0.39, 0.29) is 28.9 Å². The third-order valence-corrected chi connectivity index (χ3v) is 4.13. The monoisotopic (exact) mass is 306 g/mol. The Kier molecular flexibility index (Phi) is 5.06. The number of fused-ring (bicyclic) bond motifs is 1. The SMILES string of the molecule is CC(=O)CCCCC[C@@H]1Cc2c(C)c(O)cc(O)c2C(=O)O1. The molecule has 120 valence electrons. The van der Waals surface area contributed by atoms with Gasteiger partial charge in [-0.1, -0.05) is 6.42 Å². The molecule has 0 aliphatic carbocycles. The average molecular weight is 306 g/mol. The summed E-state index contributed by atoms with van der Waals surface area (Å²) in [7, 11) is 0. The Labute approximate surface area is 129 Å². The van der Waals surface area contributed by atoms with Gasteiger partial charge in [0, 0.05) is 18.9 Å². The summed E-state index contributed by atoms with van der Waals surface area (Å²) >= 11 is 0. The van der Waals surface area contributed by atoms with Crippen molar-refractivity contribution >= 4 is 11.8 Å². The molecular weight excluding hydrogens is 284 g/mol. The molecule has 0 saturated heterocycles. The molecular formula is C17H22O5. The van der Waals surface area contributed by atoms with Crippen molar-refractivity contribution in [2.45, 2.75) is 58.5 Å². The smallest absolute Gasteiger partial charge is 0.342 e. The zero-order valence-corrected chi connectivity index (χ0v) is 13.0. The van der Waals surface area contributed by atoms with E-state index in [0.717, 1.165) is 25.7 Å². The molecule has 0 saturated carbocycles. The molecule has 0 radical (unpaired) electrons. The molecule has 0 aromatic heterocycles. The lowest BCUT2D eigenvalue weighted by Gasteiger charge is -2.26. The Hall–Kier alpha value is -2.04. The zero-order chi connectivity index (χ0) is 16.3. The Bertz CT molecular complexity index is 591. The Balaban J connectivity index is 1.99. The topological polar surface area (TPSA) is 83.8 Å². The highest BCUT2D eigenvalue weighted by Gasteiger charge is 2.31. The third kappa shape index (κ3) is 3.59. The third-order valence-electron chi connectivity index (χ3n) is 4.13. The number of esters is 1. The molecule has 1 aliphatic heterocycles. The summed E-state index contributed by atoms with van der Waals surface area (Å²) in [6, 6.07) is 1.18. The second-order valence-corrected chi connectivity index (χ2v) is 5.93. The first-order valence-corrected chi connectivity index (χ1v) is 7.65. The molecule has 0 spiro atoms. The van der Waals surface area contributed by atoms with Crippen molar-refractivity contribution < 1.29 is 24.5 Å². The maximum absolute atomic E-state index is 12.0. The van der Waals surface area contributed by atoms with Crippen molar-refractivity contribution in [2.75, 3.05) is 0 Å². The lowest BCUT2D eigenvalue weighted by Crippen LogP contribution is -2.28. The predicted octanol–water partition coefficient (Wildman–Crippen LogP) is 3.03. The van der Waals surface area contributed by atoms with Gasteiger partial charge in [0.05, 0.1) is 0 Å². The normalized spacial score (nSPS) is 17.0. The quantitative estimate of drug-likeness (QED) is 0.623. The summed E-state index contributed by atoms with van der Waals surface area (Å²) in [6.45, 7) is 3.32. The van der Waals surface area contributed by atoms with E-state index in [0.29, 0.717) is 24.0 Å². The molecule has 5 heteroatoms. The lowest BCUT2D eigenvalue weighted by atomic mass is 9.91. The van der Waals surface area contributed by atoms with Crippen LogP contribution in [0.4, 0.5) is 0 Å². The fourth-order valence-corrected chi connectivity index (χ4v) is 2.85. The van der Waals surface area contributed by atoms with Crippen molar-refractivity contribution in [3.63, 3.8) is 0 Å². The van der Waals surface area contributed by atoms with Crippen LogP contribution in [-0.2, 0) is 16.0 Å². The molecule has 0 unspecified atom stereocenters. The predicted molar refractivity (Wildman–Crippen MR) is 81.2 cm³/mol. The minimum Gasteiger partial charge on any atom is -0.508 e. The minimum atomic E-state index is -0.532. The van der Waals surface area contributed by atoms with Gasteiger partial charge in [-0.15, -0.1) is 0 Å². The largest absolute Gasteiger partial charge is 0.508 e. The molecule has 5 nitrogen and oxygen atoms in total. The molecule has 1 aliphatic rings. The Morgan fingerprint density at radius 1 is 1.27 bits per heavy atom. The van der Waals surface area contributed by atoms with Crippen LogP contribution in [0.2, 0.25) is 0 Å². The number of hydrogen-bond acceptors (Lipinski definition) is 5. The number of carbonyl (C=O) groups is 2. The summed E-state index contributed by atoms with van der Waals surface area (Å²) < 4.78 is 5.37. The van der Waals surface area contributed by atoms with Crippen LogP contribution in [0.25, 0.3) is 0 Å². The van der Waals surface area contributed by atoms with Gasteiger partial charge in [-0.2, -0.15) is 0 Å². The number of benzene rings is 1. The Morgan fingerprint density at radius 3 is 2.68 bits per heavy atom. The number of ether oxygens (including phenoxy) is 1. The van der Waals surface area contributed by atoms with Gasteiger partial charge < -0.3 is 19.7 Å². The minimum absolute atomic E-state index is 0.00819. The first kappa shape index (κ1) is 16.3. The number of phenolic OH excluding ortho intramolecular Hbond substituents is 2. The molecule has 0 fully saturated rings. The fourth-order valence-electron chi connectivity index (χ4n) is 2.85. The van der Waals surface area contributed by atoms with Crippen LogP contribution in [0.5, 0.6) is 11.5 Å². The molecule has 1 aromatic carbocycles. The van der Waals surface area contributed by atoms with E-state index in [1.807, 2.05) is 0 Å². The van der Waals surface area contributed by atoms with Gasteiger partial charge in [0.1, 0.15) is 28.9 Å². The summed E-state index contributed by atoms with van der Waals surface area (Å²) in [4.78, 5) is 22.9. The Morgan fingerprint density at radius 2 is 2.00 bits per heavy atom. The number of cyclic esters (lactones) is 1. The van der Waals surface area contributed by atoms with E-state index in [4.69, 9.17) is 4.74 Å². The van der Waals surface area contributed by atoms with Crippen molar-refractivity contribution in [3.8, 4) is 11.5 Å². The number of rotatable bonds is 6. The van der Waals surface area contributed by atoms with E-state index in [1.54, 1.807) is 13.8 Å². The number of carbonyl (C=O) groups excluding carboxylic acids is 2. The summed E-state index contributed by atoms with van der Waals surface area (Å²) in [5, 5.41) is 19.6. The van der Waals surface area contributed by atoms with Crippen LogP contribution in [0.15, 0.2) is 6.07 Å². The number of unbranched alkanes of at least 4 members (excludes halogenated alkanes) is 2. The first-order valence-electron chi connectivity index (χ1n) is 7.65. The van der Waals surface area contributed by atoms with Crippen molar-refractivity contribution in [1.82, 2.24) is 0 Å². The summed E-state index contributed by atoms with van der Waals surface area (Å²) in [5.74, 6) is -0.579. The van der Waals surface area contributed by atoms with Gasteiger partial charge in [0.15, 0.2) is 0 Å². The molecule has 22 heavy (non-hydrogen) atoms. The van der Waals surface area contributed by atoms with Crippen molar-refractivity contribution in [1.29, 1.82) is 0 Å². The van der Waals surface area contributed by atoms with Crippen LogP contribution in [0.1, 0.15) is 60.5 Å². The van der Waals surface area contributed by atoms with E-state index in [9.17, 15) is 19.8 Å². The first-order chi connectivity index (χ1) is 10.4. The van der Waals surface area contributed by atoms with Gasteiger partial charge in [-0.05, 0) is 44.2 Å². The summed E-state index contributed by atoms with van der Waals surface area (Å²) in [5.41, 5.74) is 1.46. The molecule has 1 aromatic rings. The van der Waals surface area contributed by atoms with E-state index in [1.165, 1.54) is 6.07 Å². The molecule has 1 heterocycles. The highest BCUT2D eigenvalue weighted by atomic mass is 16.5. The average Bonchev–Trinajstić information content (AvgIpc) is 2.43. The van der Waals surface area contributed by atoms with Crippen molar-refractivity contribution in [3.05, 3.63) is 22.8 Å². The van der Waals surface area contributed by atoms with Gasteiger partial charge in [-0.3, -0.25) is 0 Å². The van der Waals surface area contributed by atoms with Crippen molar-refractivity contribution in [2.24, 2.45) is 0 Å². The highest BCUT2D eigenvalue weighted by Crippen LogP contribution is 2.36. The standard InChI is InChI=1S/C17H22O5/c1-10(18)6-4-3-5-7-12-8-13-11(2)14(19)9-15(20)16(13)17(21)22-12/h9,12,19-20H,3-8H2,1-2H3/t12-/m1/s1. The number of hydrogen-bond donors (Lipinski definition) is 2. The number of ketones is 1. The van der Waals surface area contributed by atoms with Crippen LogP contribution in [0, 0.1) is 6.92 Å². The summed E-state index contributed by atoms with van der Waals surface area (Å²) in [6.07, 6.45) is 4.23. The van der Waals surface area contributed by atoms with E-state index < -0.39 is 5.97 Å². The van der Waals surface area contributed by atoms with Crippen LogP contribution >= 0.6 is 0 Å². The fraction of sp³-hybridized carbons (Fsp3) is 0.529. The zero-order valence-electron chi connectivity index (χ0n) is 13.0. The van der Waals surface area contributed by atoms with Gasteiger partial charge in [0.25, 0.3) is 0 Å². The van der Waals surface area contributed by atoms with Crippen LogP contribution in [0.3, 0.4) is 0 Å². The molecule has 0 bridgehead atoms. The number of aromatic hydroxyl groups is 2. The highest BCUT2D eigenvalue weighted by molar-refractivity contribution is 5.96. The number of Topliss-reactive ketones (excluding diaryl/α,β-unsaturated/α-hetero) is 1. The molecule has 0 amide bonds. The lowest BCUT2D eigenvalue weighted by molar-refractivity contribution is -0.117. The van der Waals surface area contributed by atoms with Gasteiger partial charge in [-0.25, -0.2) is 4.79 Å². The molecule has 2 N–H and O–H groups in total. The second kappa shape index (κ2) is 6.81.